The molecule has 0 atom stereocenters. The van der Waals surface area contributed by atoms with E-state index in [1.165, 1.54) is 18.9 Å². The van der Waals surface area contributed by atoms with E-state index in [0.29, 0.717) is 6.54 Å². The van der Waals surface area contributed by atoms with Gasteiger partial charge < -0.3 is 9.67 Å². The molecule has 1 saturated carbocycles. The molecule has 1 aliphatic rings. The van der Waals surface area contributed by atoms with Crippen LogP contribution < -0.4 is 5.56 Å². The van der Waals surface area contributed by atoms with Gasteiger partial charge in [0.05, 0.1) is 0 Å². The molecule has 16 heavy (non-hydrogen) atoms. The van der Waals surface area contributed by atoms with Crippen molar-refractivity contribution in [3.63, 3.8) is 0 Å². The molecule has 1 aromatic heterocycles. The predicted octanol–water partition coefficient (Wildman–Crippen LogP) is 1.66. The molecule has 1 aromatic rings. The highest BCUT2D eigenvalue weighted by molar-refractivity contribution is 5.87. The summed E-state index contributed by atoms with van der Waals surface area (Å²) in [5, 5.41) is 8.86. The fourth-order valence-corrected chi connectivity index (χ4v) is 1.83. The number of nitrogens with zero attached hydrogens (tertiary/aromatic N) is 1. The highest BCUT2D eigenvalue weighted by Crippen LogP contribution is 2.32. The van der Waals surface area contributed by atoms with E-state index >= 15 is 0 Å². The highest BCUT2D eigenvalue weighted by Gasteiger charge is 2.21. The van der Waals surface area contributed by atoms with Gasteiger partial charge in [0.25, 0.3) is 5.56 Å². The Hall–Kier alpha value is -1.58. The molecule has 0 saturated heterocycles. The first-order valence-electron chi connectivity index (χ1n) is 5.53. The quantitative estimate of drug-likeness (QED) is 0.841. The molecule has 0 unspecified atom stereocenters. The number of hydrogen-bond acceptors (Lipinski definition) is 2. The van der Waals surface area contributed by atoms with E-state index < -0.39 is 5.97 Å². The summed E-state index contributed by atoms with van der Waals surface area (Å²) in [6, 6.07) is 3.07. The Labute approximate surface area is 93.5 Å². The number of hydrogen-bond donors (Lipinski definition) is 1. The van der Waals surface area contributed by atoms with Crippen LogP contribution in [0, 0.1) is 12.8 Å². The zero-order chi connectivity index (χ0) is 11.7. The van der Waals surface area contributed by atoms with Crippen LogP contribution in [0.5, 0.6) is 0 Å². The molecule has 1 fully saturated rings. The molecule has 4 heteroatoms. The van der Waals surface area contributed by atoms with E-state index in [9.17, 15) is 9.59 Å². The van der Waals surface area contributed by atoms with Crippen molar-refractivity contribution in [3.05, 3.63) is 33.7 Å². The van der Waals surface area contributed by atoms with Gasteiger partial charge in [-0.15, -0.1) is 0 Å². The molecule has 0 bridgehead atoms. The lowest BCUT2D eigenvalue weighted by molar-refractivity contribution is 0.0694. The average molecular weight is 221 g/mol. The van der Waals surface area contributed by atoms with Crippen LogP contribution in [0.4, 0.5) is 0 Å². The third-order valence-electron chi connectivity index (χ3n) is 3.08. The van der Waals surface area contributed by atoms with Crippen molar-refractivity contribution in [1.29, 1.82) is 0 Å². The van der Waals surface area contributed by atoms with Crippen molar-refractivity contribution in [2.45, 2.75) is 32.7 Å². The molecule has 0 aliphatic heterocycles. The largest absolute Gasteiger partial charge is 0.477 e. The molecule has 0 aromatic carbocycles. The number of aryl methyl sites for hydroxylation is 1. The van der Waals surface area contributed by atoms with Crippen LogP contribution in [0.1, 0.15) is 35.3 Å². The van der Waals surface area contributed by atoms with E-state index in [4.69, 9.17) is 5.11 Å². The summed E-state index contributed by atoms with van der Waals surface area (Å²) in [6.45, 7) is 2.47. The summed E-state index contributed by atoms with van der Waals surface area (Å²) in [5.74, 6) is -0.412. The first-order valence-corrected chi connectivity index (χ1v) is 5.53. The lowest BCUT2D eigenvalue weighted by atomic mass is 10.2. The van der Waals surface area contributed by atoms with E-state index in [-0.39, 0.29) is 11.1 Å². The molecule has 0 amide bonds. The first-order chi connectivity index (χ1) is 7.59. The predicted molar refractivity (Wildman–Crippen MR) is 59.7 cm³/mol. The zero-order valence-electron chi connectivity index (χ0n) is 9.27. The average Bonchev–Trinajstić information content (AvgIpc) is 3.00. The second-order valence-electron chi connectivity index (χ2n) is 4.38. The van der Waals surface area contributed by atoms with Crippen LogP contribution in [-0.4, -0.2) is 15.6 Å². The van der Waals surface area contributed by atoms with Crippen molar-refractivity contribution in [2.24, 2.45) is 5.92 Å². The summed E-state index contributed by atoms with van der Waals surface area (Å²) in [5.41, 5.74) is 0.310. The summed E-state index contributed by atoms with van der Waals surface area (Å²) >= 11 is 0. The maximum atomic E-state index is 11.8. The standard InChI is InChI=1S/C12H15NO3/c1-8-2-5-10(12(15)16)11(14)13(8)7-6-9-3-4-9/h2,5,9H,3-4,6-7H2,1H3,(H,15,16). The van der Waals surface area contributed by atoms with Crippen LogP contribution in [0.25, 0.3) is 0 Å². The van der Waals surface area contributed by atoms with Crippen LogP contribution in [0.3, 0.4) is 0 Å². The van der Waals surface area contributed by atoms with Gasteiger partial charge in [0.15, 0.2) is 0 Å². The summed E-state index contributed by atoms with van der Waals surface area (Å²) < 4.78 is 1.57. The second kappa shape index (κ2) is 4.12. The smallest absolute Gasteiger partial charge is 0.341 e. The number of rotatable bonds is 4. The molecule has 0 radical (unpaired) electrons. The van der Waals surface area contributed by atoms with E-state index in [1.807, 2.05) is 6.92 Å². The van der Waals surface area contributed by atoms with Gasteiger partial charge in [0, 0.05) is 12.2 Å². The fraction of sp³-hybridized carbons (Fsp3) is 0.500. The Morgan fingerprint density at radius 2 is 2.19 bits per heavy atom. The lowest BCUT2D eigenvalue weighted by Crippen LogP contribution is -2.28. The van der Waals surface area contributed by atoms with E-state index in [2.05, 4.69) is 0 Å². The van der Waals surface area contributed by atoms with Crippen molar-refractivity contribution in [2.75, 3.05) is 0 Å². The van der Waals surface area contributed by atoms with Gasteiger partial charge >= 0.3 is 5.97 Å². The Morgan fingerprint density at radius 3 is 2.75 bits per heavy atom. The minimum absolute atomic E-state index is 0.138. The van der Waals surface area contributed by atoms with Gasteiger partial charge in [-0.1, -0.05) is 12.8 Å². The zero-order valence-corrected chi connectivity index (χ0v) is 9.27. The Kier molecular flexibility index (Phi) is 2.81. The first kappa shape index (κ1) is 10.9. The van der Waals surface area contributed by atoms with Gasteiger partial charge in [-0.3, -0.25) is 4.79 Å². The van der Waals surface area contributed by atoms with Crippen molar-refractivity contribution in [1.82, 2.24) is 4.57 Å². The number of aromatic carboxylic acids is 1. The Balaban J connectivity index is 2.29. The maximum absolute atomic E-state index is 11.8. The van der Waals surface area contributed by atoms with E-state index in [0.717, 1.165) is 18.0 Å². The maximum Gasteiger partial charge on any atom is 0.341 e. The fourth-order valence-electron chi connectivity index (χ4n) is 1.83. The molecule has 86 valence electrons. The summed E-state index contributed by atoms with van der Waals surface area (Å²) in [6.07, 6.45) is 3.46. The van der Waals surface area contributed by atoms with Crippen LogP contribution in [-0.2, 0) is 6.54 Å². The van der Waals surface area contributed by atoms with Gasteiger partial charge in [-0.25, -0.2) is 4.79 Å². The van der Waals surface area contributed by atoms with Gasteiger partial charge in [0.2, 0.25) is 0 Å². The molecular formula is C12H15NO3. The van der Waals surface area contributed by atoms with Crippen molar-refractivity contribution < 1.29 is 9.90 Å². The molecule has 2 rings (SSSR count). The number of carboxylic acids is 1. The third-order valence-corrected chi connectivity index (χ3v) is 3.08. The van der Waals surface area contributed by atoms with Crippen LogP contribution in [0.15, 0.2) is 16.9 Å². The SMILES string of the molecule is Cc1ccc(C(=O)O)c(=O)n1CCC1CC1. The highest BCUT2D eigenvalue weighted by atomic mass is 16.4. The third kappa shape index (κ3) is 2.15. The van der Waals surface area contributed by atoms with Crippen LogP contribution in [0.2, 0.25) is 0 Å². The van der Waals surface area contributed by atoms with Crippen molar-refractivity contribution in [3.8, 4) is 0 Å². The number of pyridine rings is 1. The minimum Gasteiger partial charge on any atom is -0.477 e. The topological polar surface area (TPSA) is 59.3 Å². The van der Waals surface area contributed by atoms with E-state index in [1.54, 1.807) is 10.6 Å². The van der Waals surface area contributed by atoms with Crippen LogP contribution >= 0.6 is 0 Å². The summed E-state index contributed by atoms with van der Waals surface area (Å²) in [7, 11) is 0. The summed E-state index contributed by atoms with van der Waals surface area (Å²) in [4.78, 5) is 22.7. The molecular weight excluding hydrogens is 206 g/mol. The van der Waals surface area contributed by atoms with Gasteiger partial charge in [-0.2, -0.15) is 0 Å². The number of carboxylic acid groups (broad SMARTS) is 1. The molecule has 0 spiro atoms. The van der Waals surface area contributed by atoms with Gasteiger partial charge in [0.1, 0.15) is 5.56 Å². The lowest BCUT2D eigenvalue weighted by Gasteiger charge is -2.10. The number of aromatic nitrogens is 1. The Morgan fingerprint density at radius 1 is 1.50 bits per heavy atom. The van der Waals surface area contributed by atoms with Gasteiger partial charge in [-0.05, 0) is 31.4 Å². The molecule has 1 aliphatic carbocycles. The normalized spacial score (nSPS) is 15.1. The Bertz CT molecular complexity index is 472. The number of carbonyl (C=O) groups is 1. The monoisotopic (exact) mass is 221 g/mol. The molecule has 1 heterocycles. The molecule has 4 nitrogen and oxygen atoms in total. The second-order valence-corrected chi connectivity index (χ2v) is 4.38. The van der Waals surface area contributed by atoms with Crippen molar-refractivity contribution >= 4 is 5.97 Å². The minimum atomic E-state index is -1.15. The molecule has 1 N–H and O–H groups in total.